The van der Waals surface area contributed by atoms with E-state index in [0.717, 1.165) is 19.3 Å². The number of hydrogen-bond donors (Lipinski definition) is 1. The van der Waals surface area contributed by atoms with Crippen molar-refractivity contribution < 1.29 is 5.11 Å². The summed E-state index contributed by atoms with van der Waals surface area (Å²) in [4.78, 5) is 2.40. The van der Waals surface area contributed by atoms with Gasteiger partial charge in [0.25, 0.3) is 0 Å². The first-order valence-electron chi connectivity index (χ1n) is 4.88. The molecule has 12 heavy (non-hydrogen) atoms. The molecule has 1 saturated carbocycles. The van der Waals surface area contributed by atoms with E-state index in [0.29, 0.717) is 6.04 Å². The highest BCUT2D eigenvalue weighted by molar-refractivity contribution is 4.91. The maximum atomic E-state index is 9.18. The van der Waals surface area contributed by atoms with Crippen molar-refractivity contribution in [1.82, 2.24) is 4.90 Å². The van der Waals surface area contributed by atoms with Crippen LogP contribution in [0.1, 0.15) is 40.0 Å². The summed E-state index contributed by atoms with van der Waals surface area (Å²) in [5.74, 6) is 0. The molecule has 0 aliphatic heterocycles. The second kappa shape index (κ2) is 3.35. The molecule has 0 aromatic carbocycles. The third kappa shape index (κ3) is 1.80. The summed E-state index contributed by atoms with van der Waals surface area (Å²) in [7, 11) is 2.17. The second-order valence-corrected chi connectivity index (χ2v) is 4.56. The average Bonchev–Trinajstić information content (AvgIpc) is 1.97. The van der Waals surface area contributed by atoms with Crippen molar-refractivity contribution in [2.75, 3.05) is 7.05 Å². The molecule has 0 aromatic rings. The number of hydrogen-bond acceptors (Lipinski definition) is 2. The Morgan fingerprint density at radius 3 is 2.25 bits per heavy atom. The van der Waals surface area contributed by atoms with Gasteiger partial charge in [-0.15, -0.1) is 0 Å². The molecular weight excluding hydrogens is 150 g/mol. The quantitative estimate of drug-likeness (QED) is 0.697. The number of rotatable bonds is 3. The highest BCUT2D eigenvalue weighted by Gasteiger charge is 2.36. The SMILES string of the molecule is CCC(C)(C)N(C)[C@H]1C[C@H](O)C1. The average molecular weight is 171 g/mol. The third-order valence-electron chi connectivity index (χ3n) is 3.46. The maximum Gasteiger partial charge on any atom is 0.0570 e. The van der Waals surface area contributed by atoms with Crippen molar-refractivity contribution in [2.45, 2.75) is 57.7 Å². The first kappa shape index (κ1) is 10.0. The number of aliphatic hydroxyl groups excluding tert-OH is 1. The van der Waals surface area contributed by atoms with Crippen molar-refractivity contribution in [2.24, 2.45) is 0 Å². The largest absolute Gasteiger partial charge is 0.393 e. The summed E-state index contributed by atoms with van der Waals surface area (Å²) in [5, 5.41) is 9.18. The summed E-state index contributed by atoms with van der Waals surface area (Å²) in [6, 6.07) is 0.606. The Labute approximate surface area is 75.6 Å². The Morgan fingerprint density at radius 2 is 1.92 bits per heavy atom. The molecule has 0 atom stereocenters. The Balaban J connectivity index is 2.42. The van der Waals surface area contributed by atoms with Crippen LogP contribution in [0.2, 0.25) is 0 Å². The highest BCUT2D eigenvalue weighted by Crippen LogP contribution is 2.30. The van der Waals surface area contributed by atoms with Gasteiger partial charge in [0.05, 0.1) is 6.10 Å². The van der Waals surface area contributed by atoms with Crippen molar-refractivity contribution >= 4 is 0 Å². The van der Waals surface area contributed by atoms with Gasteiger partial charge in [-0.05, 0) is 40.2 Å². The highest BCUT2D eigenvalue weighted by atomic mass is 16.3. The lowest BCUT2D eigenvalue weighted by molar-refractivity contribution is -0.0273. The molecule has 0 bridgehead atoms. The molecule has 2 nitrogen and oxygen atoms in total. The van der Waals surface area contributed by atoms with Gasteiger partial charge in [-0.25, -0.2) is 0 Å². The lowest BCUT2D eigenvalue weighted by atomic mass is 9.84. The molecule has 0 spiro atoms. The van der Waals surface area contributed by atoms with Crippen molar-refractivity contribution in [3.05, 3.63) is 0 Å². The van der Waals surface area contributed by atoms with Crippen LogP contribution in [-0.4, -0.2) is 34.7 Å². The summed E-state index contributed by atoms with van der Waals surface area (Å²) in [6.07, 6.45) is 3.04. The van der Waals surface area contributed by atoms with Gasteiger partial charge in [-0.3, -0.25) is 4.90 Å². The minimum Gasteiger partial charge on any atom is -0.393 e. The molecule has 2 heteroatoms. The molecule has 0 aromatic heterocycles. The Bertz CT molecular complexity index is 150. The van der Waals surface area contributed by atoms with E-state index < -0.39 is 0 Å². The van der Waals surface area contributed by atoms with Gasteiger partial charge in [0.15, 0.2) is 0 Å². The molecule has 0 amide bonds. The van der Waals surface area contributed by atoms with Gasteiger partial charge < -0.3 is 5.11 Å². The zero-order valence-electron chi connectivity index (χ0n) is 8.67. The van der Waals surface area contributed by atoms with E-state index in [-0.39, 0.29) is 11.6 Å². The van der Waals surface area contributed by atoms with E-state index in [1.807, 2.05) is 0 Å². The lowest BCUT2D eigenvalue weighted by Gasteiger charge is -2.46. The Hall–Kier alpha value is -0.0800. The Kier molecular flexibility index (Phi) is 2.79. The van der Waals surface area contributed by atoms with Gasteiger partial charge in [-0.1, -0.05) is 6.92 Å². The zero-order chi connectivity index (χ0) is 9.35. The molecule has 1 fully saturated rings. The van der Waals surface area contributed by atoms with E-state index in [1.54, 1.807) is 0 Å². The summed E-state index contributed by atoms with van der Waals surface area (Å²) < 4.78 is 0. The van der Waals surface area contributed by atoms with Crippen LogP contribution in [0, 0.1) is 0 Å². The fraction of sp³-hybridized carbons (Fsp3) is 1.00. The molecule has 1 N–H and O–H groups in total. The van der Waals surface area contributed by atoms with Crippen LogP contribution in [0.5, 0.6) is 0 Å². The first-order valence-corrected chi connectivity index (χ1v) is 4.88. The maximum absolute atomic E-state index is 9.18. The minimum absolute atomic E-state index is 0.0369. The molecule has 1 rings (SSSR count). The van der Waals surface area contributed by atoms with Gasteiger partial charge in [-0.2, -0.15) is 0 Å². The lowest BCUT2D eigenvalue weighted by Crippen LogP contribution is -2.53. The predicted molar refractivity (Wildman–Crippen MR) is 51.2 cm³/mol. The van der Waals surface area contributed by atoms with Crippen molar-refractivity contribution in [3.63, 3.8) is 0 Å². The fourth-order valence-corrected chi connectivity index (χ4v) is 1.62. The summed E-state index contributed by atoms with van der Waals surface area (Å²) in [6.45, 7) is 6.74. The normalized spacial score (nSPS) is 30.5. The van der Waals surface area contributed by atoms with Crippen LogP contribution in [0.15, 0.2) is 0 Å². The number of aliphatic hydroxyl groups is 1. The van der Waals surface area contributed by atoms with Crippen LogP contribution in [0.25, 0.3) is 0 Å². The van der Waals surface area contributed by atoms with Crippen LogP contribution in [0.3, 0.4) is 0 Å². The van der Waals surface area contributed by atoms with Crippen molar-refractivity contribution in [1.29, 1.82) is 0 Å². The van der Waals surface area contributed by atoms with Crippen LogP contribution in [-0.2, 0) is 0 Å². The zero-order valence-corrected chi connectivity index (χ0v) is 8.67. The van der Waals surface area contributed by atoms with Gasteiger partial charge in [0.1, 0.15) is 0 Å². The van der Waals surface area contributed by atoms with E-state index in [1.165, 1.54) is 0 Å². The second-order valence-electron chi connectivity index (χ2n) is 4.56. The van der Waals surface area contributed by atoms with Crippen LogP contribution in [0.4, 0.5) is 0 Å². The standard InChI is InChI=1S/C10H21NO/c1-5-10(2,3)11(4)8-6-9(12)7-8/h8-9,12H,5-7H2,1-4H3/t8-,9-. The van der Waals surface area contributed by atoms with E-state index in [9.17, 15) is 5.11 Å². The smallest absolute Gasteiger partial charge is 0.0570 e. The molecule has 1 aliphatic carbocycles. The van der Waals surface area contributed by atoms with Crippen molar-refractivity contribution in [3.8, 4) is 0 Å². The van der Waals surface area contributed by atoms with Crippen LogP contribution < -0.4 is 0 Å². The van der Waals surface area contributed by atoms with Gasteiger partial charge in [0, 0.05) is 11.6 Å². The van der Waals surface area contributed by atoms with E-state index >= 15 is 0 Å². The van der Waals surface area contributed by atoms with E-state index in [2.05, 4.69) is 32.7 Å². The summed E-state index contributed by atoms with van der Waals surface area (Å²) >= 11 is 0. The van der Waals surface area contributed by atoms with E-state index in [4.69, 9.17) is 0 Å². The molecule has 0 unspecified atom stereocenters. The predicted octanol–water partition coefficient (Wildman–Crippen LogP) is 1.63. The minimum atomic E-state index is -0.0369. The summed E-state index contributed by atoms with van der Waals surface area (Å²) in [5.41, 5.74) is 0.283. The van der Waals surface area contributed by atoms with Gasteiger partial charge >= 0.3 is 0 Å². The topological polar surface area (TPSA) is 23.5 Å². The molecule has 0 radical (unpaired) electrons. The molecule has 1 aliphatic rings. The molecular formula is C10H21NO. The third-order valence-corrected chi connectivity index (χ3v) is 3.46. The fourth-order valence-electron chi connectivity index (χ4n) is 1.62. The monoisotopic (exact) mass is 171 g/mol. The molecule has 0 heterocycles. The van der Waals surface area contributed by atoms with Gasteiger partial charge in [0.2, 0.25) is 0 Å². The first-order chi connectivity index (χ1) is 5.47. The molecule has 72 valence electrons. The Morgan fingerprint density at radius 1 is 1.42 bits per heavy atom. The number of nitrogens with zero attached hydrogens (tertiary/aromatic N) is 1. The molecule has 0 saturated heterocycles. The van der Waals surface area contributed by atoms with Crippen LogP contribution >= 0.6 is 0 Å².